The van der Waals surface area contributed by atoms with Crippen molar-refractivity contribution < 1.29 is 8.42 Å². The first-order valence-electron chi connectivity index (χ1n) is 7.63. The number of aromatic nitrogens is 2. The van der Waals surface area contributed by atoms with E-state index in [1.807, 2.05) is 0 Å². The first-order chi connectivity index (χ1) is 10.9. The second kappa shape index (κ2) is 7.91. The Morgan fingerprint density at radius 1 is 1.35 bits per heavy atom. The molecule has 0 atom stereocenters. The van der Waals surface area contributed by atoms with Crippen LogP contribution in [-0.2, 0) is 16.3 Å². The molecule has 1 aromatic heterocycles. The minimum Gasteiger partial charge on any atom is -0.355 e. The highest BCUT2D eigenvalue weighted by molar-refractivity contribution is 7.90. The second-order valence-corrected chi connectivity index (χ2v) is 8.41. The number of hydrogen-bond donors (Lipinski definition) is 1. The molecule has 1 fully saturated rings. The molecule has 1 N–H and O–H groups in total. The average Bonchev–Trinajstić information content (AvgIpc) is 3.00. The molecular formula is C13H24N6O2S2. The Morgan fingerprint density at radius 3 is 2.57 bits per heavy atom. The summed E-state index contributed by atoms with van der Waals surface area (Å²) >= 11 is 1.45. The van der Waals surface area contributed by atoms with Gasteiger partial charge in [-0.1, -0.05) is 6.92 Å². The highest BCUT2D eigenvalue weighted by Crippen LogP contribution is 2.19. The van der Waals surface area contributed by atoms with Crippen LogP contribution in [0.2, 0.25) is 0 Å². The van der Waals surface area contributed by atoms with Crippen molar-refractivity contribution in [3.63, 3.8) is 0 Å². The lowest BCUT2D eigenvalue weighted by atomic mass is 10.3. The van der Waals surface area contributed by atoms with Gasteiger partial charge in [-0.05, 0) is 0 Å². The van der Waals surface area contributed by atoms with Crippen LogP contribution in [0.1, 0.15) is 12.7 Å². The van der Waals surface area contributed by atoms with Crippen LogP contribution < -0.4 is 10.2 Å². The van der Waals surface area contributed by atoms with Crippen molar-refractivity contribution in [1.29, 1.82) is 0 Å². The van der Waals surface area contributed by atoms with Crippen LogP contribution >= 0.6 is 11.5 Å². The molecule has 0 saturated carbocycles. The summed E-state index contributed by atoms with van der Waals surface area (Å²) in [5.41, 5.74) is 0. The maximum atomic E-state index is 11.2. The van der Waals surface area contributed by atoms with Crippen LogP contribution in [0.4, 0.5) is 5.13 Å². The number of piperazine rings is 1. The molecule has 1 aliphatic heterocycles. The fourth-order valence-corrected chi connectivity index (χ4v) is 3.58. The highest BCUT2D eigenvalue weighted by atomic mass is 32.2. The quantitative estimate of drug-likeness (QED) is 0.576. The van der Waals surface area contributed by atoms with Crippen molar-refractivity contribution in [2.24, 2.45) is 4.99 Å². The van der Waals surface area contributed by atoms with Crippen LogP contribution in [0.5, 0.6) is 0 Å². The van der Waals surface area contributed by atoms with Gasteiger partial charge in [0.1, 0.15) is 15.7 Å². The Balaban J connectivity index is 1.84. The zero-order valence-electron chi connectivity index (χ0n) is 13.8. The van der Waals surface area contributed by atoms with E-state index < -0.39 is 9.84 Å². The molecule has 0 amide bonds. The molecule has 0 spiro atoms. The summed E-state index contributed by atoms with van der Waals surface area (Å²) in [7, 11) is -1.25. The van der Waals surface area contributed by atoms with Gasteiger partial charge < -0.3 is 15.1 Å². The Bertz CT molecular complexity index is 635. The molecule has 0 aromatic carbocycles. The van der Waals surface area contributed by atoms with Gasteiger partial charge >= 0.3 is 0 Å². The molecule has 1 saturated heterocycles. The first-order valence-corrected chi connectivity index (χ1v) is 10.5. The fourth-order valence-electron chi connectivity index (χ4n) is 2.31. The third-order valence-electron chi connectivity index (χ3n) is 3.59. The summed E-state index contributed by atoms with van der Waals surface area (Å²) in [6.45, 7) is 5.77. The minimum absolute atomic E-state index is 0.108. The molecule has 8 nitrogen and oxygen atoms in total. The number of nitrogens with zero attached hydrogens (tertiary/aromatic N) is 5. The van der Waals surface area contributed by atoms with Gasteiger partial charge in [0.2, 0.25) is 5.13 Å². The average molecular weight is 361 g/mol. The van der Waals surface area contributed by atoms with Crippen molar-refractivity contribution >= 4 is 32.5 Å². The van der Waals surface area contributed by atoms with Crippen LogP contribution in [-0.4, -0.2) is 80.4 Å². The number of rotatable bonds is 5. The Hall–Kier alpha value is -1.42. The van der Waals surface area contributed by atoms with Crippen molar-refractivity contribution in [3.8, 4) is 0 Å². The minimum atomic E-state index is -2.96. The fraction of sp³-hybridized carbons (Fsp3) is 0.769. The lowest BCUT2D eigenvalue weighted by Crippen LogP contribution is -2.53. The molecule has 0 radical (unpaired) electrons. The van der Waals surface area contributed by atoms with Crippen molar-refractivity contribution in [2.75, 3.05) is 56.7 Å². The molecule has 1 aliphatic rings. The molecule has 10 heteroatoms. The maximum absolute atomic E-state index is 11.2. The number of guanidine groups is 1. The Labute approximate surface area is 141 Å². The first kappa shape index (κ1) is 17.9. The third kappa shape index (κ3) is 5.31. The van der Waals surface area contributed by atoms with E-state index in [4.69, 9.17) is 0 Å². The molecule has 130 valence electrons. The van der Waals surface area contributed by atoms with Crippen LogP contribution in [0.3, 0.4) is 0 Å². The number of hydrogen-bond acceptors (Lipinski definition) is 7. The van der Waals surface area contributed by atoms with Gasteiger partial charge in [-0.15, -0.1) is 0 Å². The van der Waals surface area contributed by atoms with Gasteiger partial charge in [-0.3, -0.25) is 4.99 Å². The molecule has 0 unspecified atom stereocenters. The van der Waals surface area contributed by atoms with E-state index >= 15 is 0 Å². The number of anilines is 1. The number of aryl methyl sites for hydroxylation is 1. The third-order valence-corrected chi connectivity index (χ3v) is 5.35. The van der Waals surface area contributed by atoms with Gasteiger partial charge in [0.25, 0.3) is 0 Å². The predicted molar refractivity (Wildman–Crippen MR) is 94.1 cm³/mol. The van der Waals surface area contributed by atoms with E-state index in [9.17, 15) is 8.42 Å². The van der Waals surface area contributed by atoms with E-state index in [2.05, 4.69) is 36.4 Å². The number of aliphatic imine (C=N–C) groups is 1. The van der Waals surface area contributed by atoms with Crippen molar-refractivity contribution in [3.05, 3.63) is 5.82 Å². The van der Waals surface area contributed by atoms with Gasteiger partial charge in [-0.2, -0.15) is 4.37 Å². The van der Waals surface area contributed by atoms with Gasteiger partial charge in [0, 0.05) is 64.0 Å². The van der Waals surface area contributed by atoms with Gasteiger partial charge in [0.15, 0.2) is 5.96 Å². The zero-order chi connectivity index (χ0) is 16.9. The normalized spacial score (nSPS) is 16.7. The van der Waals surface area contributed by atoms with E-state index in [0.29, 0.717) is 6.54 Å². The summed E-state index contributed by atoms with van der Waals surface area (Å²) in [6.07, 6.45) is 2.09. The van der Waals surface area contributed by atoms with Crippen LogP contribution in [0.15, 0.2) is 4.99 Å². The largest absolute Gasteiger partial charge is 0.355 e. The lowest BCUT2D eigenvalue weighted by Gasteiger charge is -2.36. The molecule has 1 aromatic rings. The smallest absolute Gasteiger partial charge is 0.205 e. The van der Waals surface area contributed by atoms with E-state index in [1.165, 1.54) is 17.8 Å². The van der Waals surface area contributed by atoms with Crippen LogP contribution in [0, 0.1) is 0 Å². The van der Waals surface area contributed by atoms with Crippen LogP contribution in [0.25, 0.3) is 0 Å². The molecule has 2 heterocycles. The Kier molecular flexibility index (Phi) is 6.17. The molecule has 0 aliphatic carbocycles. The second-order valence-electron chi connectivity index (χ2n) is 5.42. The SMILES string of the molecule is CCc1nsc(N2CCN(C(=NC)NCCS(C)(=O)=O)CC2)n1. The number of sulfone groups is 1. The topological polar surface area (TPSA) is 90.8 Å². The molecule has 23 heavy (non-hydrogen) atoms. The van der Waals surface area contributed by atoms with E-state index in [0.717, 1.165) is 49.5 Å². The Morgan fingerprint density at radius 2 is 2.04 bits per heavy atom. The zero-order valence-corrected chi connectivity index (χ0v) is 15.5. The molecule has 2 rings (SSSR count). The summed E-state index contributed by atoms with van der Waals surface area (Å²) < 4.78 is 26.7. The van der Waals surface area contributed by atoms with E-state index in [1.54, 1.807) is 7.05 Å². The summed E-state index contributed by atoms with van der Waals surface area (Å²) in [6, 6.07) is 0. The number of nitrogens with one attached hydrogen (secondary N) is 1. The predicted octanol–water partition coefficient (Wildman–Crippen LogP) is -0.157. The van der Waals surface area contributed by atoms with E-state index in [-0.39, 0.29) is 5.75 Å². The van der Waals surface area contributed by atoms with Crippen molar-refractivity contribution in [1.82, 2.24) is 19.6 Å². The molecular weight excluding hydrogens is 336 g/mol. The van der Waals surface area contributed by atoms with Gasteiger partial charge in [0.05, 0.1) is 5.75 Å². The lowest BCUT2D eigenvalue weighted by molar-refractivity contribution is 0.373. The summed E-state index contributed by atoms with van der Waals surface area (Å²) in [5.74, 6) is 1.75. The highest BCUT2D eigenvalue weighted by Gasteiger charge is 2.22. The maximum Gasteiger partial charge on any atom is 0.205 e. The summed E-state index contributed by atoms with van der Waals surface area (Å²) in [5, 5.41) is 4.09. The monoisotopic (exact) mass is 360 g/mol. The van der Waals surface area contributed by atoms with Crippen molar-refractivity contribution in [2.45, 2.75) is 13.3 Å². The molecule has 0 bridgehead atoms. The van der Waals surface area contributed by atoms with Gasteiger partial charge in [-0.25, -0.2) is 13.4 Å². The standard InChI is InChI=1S/C13H24N6O2S2/c1-4-11-16-13(22-17-11)19-8-6-18(7-9-19)12(14-2)15-5-10-23(3,20)21/h4-10H2,1-3H3,(H,14,15). The summed E-state index contributed by atoms with van der Waals surface area (Å²) in [4.78, 5) is 13.1.